The summed E-state index contributed by atoms with van der Waals surface area (Å²) in [4.78, 5) is 28.8. The highest BCUT2D eigenvalue weighted by molar-refractivity contribution is 7.91. The smallest absolute Gasteiger partial charge is 0.339 e. The Balaban J connectivity index is 1.97. The highest BCUT2D eigenvalue weighted by atomic mass is 32.2. The van der Waals surface area contributed by atoms with Crippen LogP contribution in [0.1, 0.15) is 22.6 Å². The van der Waals surface area contributed by atoms with Gasteiger partial charge in [-0.3, -0.25) is 9.69 Å². The molecule has 0 spiro atoms. The van der Waals surface area contributed by atoms with E-state index in [1.165, 1.54) is 24.1 Å². The number of hydrogen-bond acceptors (Lipinski definition) is 4. The molecule has 1 aliphatic heterocycles. The lowest BCUT2D eigenvalue weighted by Crippen LogP contribution is -2.48. The van der Waals surface area contributed by atoms with Gasteiger partial charge >= 0.3 is 18.4 Å². The Morgan fingerprint density at radius 3 is 1.90 bits per heavy atom. The molecule has 0 bridgehead atoms. The van der Waals surface area contributed by atoms with Crippen molar-refractivity contribution in [3.05, 3.63) is 65.0 Å². The summed E-state index contributed by atoms with van der Waals surface area (Å²) in [7, 11) is -1.44. The van der Waals surface area contributed by atoms with Crippen LogP contribution in [0.25, 0.3) is 0 Å². The largest absolute Gasteiger partial charge is 0.416 e. The topological polar surface area (TPSA) is 78.0 Å². The standard InChI is InChI=1S/C24H24F7N3O4S/c1-32(18-9-15(23(26,27)28)8-16(10-18)24(29,30)31)22(36)33(2)20-12-34(21(35)13-39(3,37)38)11-19(20)14-4-6-17(25)7-5-14/h4-10,19-20H,11-13H2,1-3H3/t19-,20+/m0/s1. The van der Waals surface area contributed by atoms with Crippen molar-refractivity contribution in [3.63, 3.8) is 0 Å². The fraction of sp³-hybridized carbons (Fsp3) is 0.417. The predicted molar refractivity (Wildman–Crippen MR) is 127 cm³/mol. The number of carbonyl (C=O) groups excluding carboxylic acids is 2. The number of carbonyl (C=O) groups is 2. The summed E-state index contributed by atoms with van der Waals surface area (Å²) in [6.45, 7) is -0.239. The van der Waals surface area contributed by atoms with Crippen molar-refractivity contribution >= 4 is 27.5 Å². The van der Waals surface area contributed by atoms with Crippen LogP contribution in [-0.4, -0.2) is 75.4 Å². The van der Waals surface area contributed by atoms with Crippen LogP contribution in [0.5, 0.6) is 0 Å². The van der Waals surface area contributed by atoms with Crippen LogP contribution in [-0.2, 0) is 27.0 Å². The molecular formula is C24H24F7N3O4S. The Morgan fingerprint density at radius 2 is 1.44 bits per heavy atom. The summed E-state index contributed by atoms with van der Waals surface area (Å²) >= 11 is 0. The number of nitrogens with zero attached hydrogens (tertiary/aromatic N) is 3. The lowest BCUT2D eigenvalue weighted by atomic mass is 9.93. The number of urea groups is 1. The van der Waals surface area contributed by atoms with E-state index in [0.29, 0.717) is 22.6 Å². The number of likely N-dealkylation sites (tertiary alicyclic amines) is 1. The third-order valence-electron chi connectivity index (χ3n) is 6.37. The quantitative estimate of drug-likeness (QED) is 0.490. The zero-order valence-electron chi connectivity index (χ0n) is 20.8. The summed E-state index contributed by atoms with van der Waals surface area (Å²) in [5, 5.41) is 0. The van der Waals surface area contributed by atoms with E-state index in [1.54, 1.807) is 0 Å². The second-order valence-electron chi connectivity index (χ2n) is 9.31. The van der Waals surface area contributed by atoms with Crippen LogP contribution in [0.2, 0.25) is 0 Å². The van der Waals surface area contributed by atoms with Crippen molar-refractivity contribution in [2.45, 2.75) is 24.3 Å². The molecule has 214 valence electrons. The minimum atomic E-state index is -5.12. The van der Waals surface area contributed by atoms with Crippen LogP contribution in [0.15, 0.2) is 42.5 Å². The normalized spacial score (nSPS) is 18.3. The van der Waals surface area contributed by atoms with E-state index < -0.39 is 74.5 Å². The lowest BCUT2D eigenvalue weighted by Gasteiger charge is -2.33. The average Bonchev–Trinajstić information content (AvgIpc) is 3.26. The molecule has 0 N–H and O–H groups in total. The highest BCUT2D eigenvalue weighted by Crippen LogP contribution is 2.39. The fourth-order valence-electron chi connectivity index (χ4n) is 4.36. The molecular weight excluding hydrogens is 559 g/mol. The molecule has 0 unspecified atom stereocenters. The molecule has 1 saturated heterocycles. The Hall–Kier alpha value is -3.36. The number of likely N-dealkylation sites (N-methyl/N-ethyl adjacent to an activating group) is 1. The Labute approximate surface area is 219 Å². The third kappa shape index (κ3) is 7.19. The van der Waals surface area contributed by atoms with E-state index >= 15 is 0 Å². The second kappa shape index (κ2) is 10.7. The van der Waals surface area contributed by atoms with Crippen molar-refractivity contribution in [1.82, 2.24) is 9.80 Å². The molecule has 2 aromatic carbocycles. The molecule has 15 heteroatoms. The minimum Gasteiger partial charge on any atom is -0.339 e. The molecule has 0 aromatic heterocycles. The summed E-state index contributed by atoms with van der Waals surface area (Å²) in [5.41, 5.74) is -3.39. The zero-order chi connectivity index (χ0) is 29.5. The molecule has 39 heavy (non-hydrogen) atoms. The zero-order valence-corrected chi connectivity index (χ0v) is 21.7. The van der Waals surface area contributed by atoms with Gasteiger partial charge in [-0.1, -0.05) is 12.1 Å². The highest BCUT2D eigenvalue weighted by Gasteiger charge is 2.42. The summed E-state index contributed by atoms with van der Waals surface area (Å²) < 4.78 is 117. The van der Waals surface area contributed by atoms with Crippen molar-refractivity contribution in [2.75, 3.05) is 44.1 Å². The van der Waals surface area contributed by atoms with Crippen molar-refractivity contribution in [1.29, 1.82) is 0 Å². The van der Waals surface area contributed by atoms with Gasteiger partial charge in [-0.15, -0.1) is 0 Å². The first-order chi connectivity index (χ1) is 17.8. The fourth-order valence-corrected chi connectivity index (χ4v) is 4.99. The van der Waals surface area contributed by atoms with Gasteiger partial charge in [0.05, 0.1) is 17.2 Å². The number of alkyl halides is 6. The first-order valence-electron chi connectivity index (χ1n) is 11.3. The maximum atomic E-state index is 13.5. The monoisotopic (exact) mass is 583 g/mol. The van der Waals surface area contributed by atoms with E-state index in [-0.39, 0.29) is 19.2 Å². The van der Waals surface area contributed by atoms with Gasteiger partial charge in [0.25, 0.3) is 0 Å². The maximum absolute atomic E-state index is 13.5. The first kappa shape index (κ1) is 30.2. The van der Waals surface area contributed by atoms with Gasteiger partial charge in [0.2, 0.25) is 5.91 Å². The summed E-state index contributed by atoms with van der Waals surface area (Å²) in [6.07, 6.45) is -9.37. The van der Waals surface area contributed by atoms with Crippen LogP contribution >= 0.6 is 0 Å². The number of amides is 3. The number of sulfone groups is 1. The van der Waals surface area contributed by atoms with Gasteiger partial charge in [-0.25, -0.2) is 17.6 Å². The predicted octanol–water partition coefficient (Wildman–Crippen LogP) is 4.39. The number of anilines is 1. The Kier molecular flexibility index (Phi) is 8.25. The minimum absolute atomic E-state index is 0.0572. The van der Waals surface area contributed by atoms with Crippen LogP contribution in [0.4, 0.5) is 41.2 Å². The van der Waals surface area contributed by atoms with Crippen LogP contribution in [0, 0.1) is 5.82 Å². The molecule has 2 atom stereocenters. The number of benzene rings is 2. The van der Waals surface area contributed by atoms with Gasteiger partial charge in [-0.05, 0) is 35.9 Å². The van der Waals surface area contributed by atoms with Gasteiger partial charge in [0.1, 0.15) is 11.6 Å². The van der Waals surface area contributed by atoms with Crippen molar-refractivity contribution in [3.8, 4) is 0 Å². The van der Waals surface area contributed by atoms with Crippen molar-refractivity contribution < 1.29 is 48.7 Å². The number of halogens is 7. The number of rotatable bonds is 5. The molecule has 7 nitrogen and oxygen atoms in total. The van der Waals surface area contributed by atoms with E-state index in [4.69, 9.17) is 0 Å². The molecule has 0 aliphatic carbocycles. The van der Waals surface area contributed by atoms with Crippen LogP contribution in [0.3, 0.4) is 0 Å². The van der Waals surface area contributed by atoms with Gasteiger partial charge in [-0.2, -0.15) is 26.3 Å². The summed E-state index contributed by atoms with van der Waals surface area (Å²) in [6, 6.07) is 4.00. The Bertz CT molecular complexity index is 1310. The van der Waals surface area contributed by atoms with Gasteiger partial charge < -0.3 is 9.80 Å². The summed E-state index contributed by atoms with van der Waals surface area (Å²) in [5.74, 6) is -2.79. The van der Waals surface area contributed by atoms with E-state index in [9.17, 15) is 48.7 Å². The average molecular weight is 584 g/mol. The lowest BCUT2D eigenvalue weighted by molar-refractivity contribution is -0.143. The molecule has 3 amide bonds. The van der Waals surface area contributed by atoms with Crippen LogP contribution < -0.4 is 4.90 Å². The molecule has 0 saturated carbocycles. The third-order valence-corrected chi connectivity index (χ3v) is 7.14. The molecule has 2 aromatic rings. The molecule has 3 rings (SSSR count). The van der Waals surface area contributed by atoms with Gasteiger partial charge in [0, 0.05) is 45.0 Å². The second-order valence-corrected chi connectivity index (χ2v) is 11.5. The number of hydrogen-bond donors (Lipinski definition) is 0. The molecule has 0 radical (unpaired) electrons. The first-order valence-corrected chi connectivity index (χ1v) is 13.3. The molecule has 1 fully saturated rings. The molecule has 1 aliphatic rings. The van der Waals surface area contributed by atoms with E-state index in [2.05, 4.69) is 0 Å². The maximum Gasteiger partial charge on any atom is 0.416 e. The van der Waals surface area contributed by atoms with E-state index in [0.717, 1.165) is 30.3 Å². The Morgan fingerprint density at radius 1 is 0.923 bits per heavy atom. The van der Waals surface area contributed by atoms with E-state index in [1.807, 2.05) is 0 Å². The van der Waals surface area contributed by atoms with Gasteiger partial charge in [0.15, 0.2) is 9.84 Å². The van der Waals surface area contributed by atoms with Crippen molar-refractivity contribution in [2.24, 2.45) is 0 Å². The molecule has 1 heterocycles. The SMILES string of the molecule is CN(C(=O)N(C)[C@@H]1CN(C(=O)CS(C)(=O)=O)C[C@H]1c1ccc(F)cc1)c1cc(C(F)(F)F)cc(C(F)(F)F)c1.